The van der Waals surface area contributed by atoms with Crippen LogP contribution in [0.5, 0.6) is 0 Å². The minimum Gasteiger partial charge on any atom is -0.461 e. The van der Waals surface area contributed by atoms with Crippen molar-refractivity contribution in [2.45, 2.75) is 6.18 Å². The number of alkyl halides is 3. The molecule has 2 nitrogen and oxygen atoms in total. The molecular formula is C6H3F3O2. The van der Waals surface area contributed by atoms with Crippen LogP contribution in [-0.4, -0.2) is 6.29 Å². The van der Waals surface area contributed by atoms with E-state index in [4.69, 9.17) is 0 Å². The average molecular weight is 164 g/mol. The third-order valence-electron chi connectivity index (χ3n) is 1.06. The van der Waals surface area contributed by atoms with Crippen LogP contribution in [0.4, 0.5) is 13.2 Å². The third-order valence-corrected chi connectivity index (χ3v) is 1.06. The molecule has 5 heteroatoms. The van der Waals surface area contributed by atoms with Crippen molar-refractivity contribution >= 4 is 6.29 Å². The van der Waals surface area contributed by atoms with Gasteiger partial charge >= 0.3 is 6.18 Å². The molecule has 0 aromatic carbocycles. The van der Waals surface area contributed by atoms with Gasteiger partial charge in [0.25, 0.3) is 0 Å². The number of furan rings is 1. The van der Waals surface area contributed by atoms with Crippen LogP contribution in [0.25, 0.3) is 0 Å². The molecule has 1 rings (SSSR count). The molecule has 1 heterocycles. The predicted molar refractivity (Wildman–Crippen MR) is 29.1 cm³/mol. The van der Waals surface area contributed by atoms with Gasteiger partial charge in [-0.15, -0.1) is 0 Å². The Morgan fingerprint density at radius 1 is 1.45 bits per heavy atom. The van der Waals surface area contributed by atoms with Crippen LogP contribution in [0.3, 0.4) is 0 Å². The monoisotopic (exact) mass is 164 g/mol. The Morgan fingerprint density at radius 2 is 2.09 bits per heavy atom. The first-order valence-corrected chi connectivity index (χ1v) is 2.65. The maximum absolute atomic E-state index is 11.8. The fourth-order valence-corrected chi connectivity index (χ4v) is 0.563. The number of carbonyl (C=O) groups is 1. The van der Waals surface area contributed by atoms with Gasteiger partial charge in [-0.3, -0.25) is 4.79 Å². The van der Waals surface area contributed by atoms with Gasteiger partial charge in [0.05, 0.1) is 5.56 Å². The molecule has 0 spiro atoms. The second-order valence-corrected chi connectivity index (χ2v) is 1.85. The highest BCUT2D eigenvalue weighted by atomic mass is 19.4. The summed E-state index contributed by atoms with van der Waals surface area (Å²) < 4.78 is 39.5. The van der Waals surface area contributed by atoms with E-state index in [0.29, 0.717) is 12.3 Å². The van der Waals surface area contributed by atoms with Gasteiger partial charge in [0, 0.05) is 0 Å². The largest absolute Gasteiger partial charge is 0.461 e. The van der Waals surface area contributed by atoms with Gasteiger partial charge in [0.2, 0.25) is 0 Å². The Morgan fingerprint density at radius 3 is 2.36 bits per heavy atom. The molecule has 0 aliphatic carbocycles. The Balaban J connectivity index is 2.98. The lowest BCUT2D eigenvalue weighted by Crippen LogP contribution is -2.02. The topological polar surface area (TPSA) is 30.2 Å². The van der Waals surface area contributed by atoms with Crippen LogP contribution < -0.4 is 0 Å². The Hall–Kier alpha value is -1.26. The SMILES string of the molecule is O=Cc1cc(C(F)(F)F)co1. The molecule has 0 N–H and O–H groups in total. The zero-order valence-electron chi connectivity index (χ0n) is 5.18. The molecule has 0 aliphatic rings. The van der Waals surface area contributed by atoms with Crippen LogP contribution in [0.1, 0.15) is 16.1 Å². The summed E-state index contributed by atoms with van der Waals surface area (Å²) in [5.41, 5.74) is -0.945. The van der Waals surface area contributed by atoms with E-state index in [1.165, 1.54) is 0 Å². The van der Waals surface area contributed by atoms with Gasteiger partial charge in [0.15, 0.2) is 12.0 Å². The molecule has 0 aliphatic heterocycles. The van der Waals surface area contributed by atoms with E-state index < -0.39 is 11.7 Å². The van der Waals surface area contributed by atoms with Gasteiger partial charge in [-0.2, -0.15) is 13.2 Å². The summed E-state index contributed by atoms with van der Waals surface area (Å²) >= 11 is 0. The van der Waals surface area contributed by atoms with Crippen molar-refractivity contribution < 1.29 is 22.4 Å². The lowest BCUT2D eigenvalue weighted by molar-refractivity contribution is -0.137. The van der Waals surface area contributed by atoms with Gasteiger partial charge in [-0.1, -0.05) is 0 Å². The summed E-state index contributed by atoms with van der Waals surface area (Å²) in [6.45, 7) is 0. The van der Waals surface area contributed by atoms with Crippen LogP contribution in [-0.2, 0) is 6.18 Å². The van der Waals surface area contributed by atoms with Crippen molar-refractivity contribution in [1.29, 1.82) is 0 Å². The number of carbonyl (C=O) groups excluding carboxylic acids is 1. The Kier molecular flexibility index (Phi) is 1.72. The maximum atomic E-state index is 11.8. The zero-order valence-corrected chi connectivity index (χ0v) is 5.18. The highest BCUT2D eigenvalue weighted by Gasteiger charge is 2.32. The summed E-state index contributed by atoms with van der Waals surface area (Å²) in [6.07, 6.45) is -3.72. The van der Waals surface area contributed by atoms with Gasteiger partial charge < -0.3 is 4.42 Å². The van der Waals surface area contributed by atoms with E-state index in [1.807, 2.05) is 0 Å². The van der Waals surface area contributed by atoms with Gasteiger partial charge in [-0.25, -0.2) is 0 Å². The second kappa shape index (κ2) is 2.41. The molecule has 0 bridgehead atoms. The minimum atomic E-state index is -4.44. The van der Waals surface area contributed by atoms with Crippen molar-refractivity contribution in [1.82, 2.24) is 0 Å². The highest BCUT2D eigenvalue weighted by Crippen LogP contribution is 2.29. The smallest absolute Gasteiger partial charge is 0.419 e. The quantitative estimate of drug-likeness (QED) is 0.595. The first-order valence-electron chi connectivity index (χ1n) is 2.65. The molecule has 60 valence electrons. The zero-order chi connectivity index (χ0) is 8.48. The van der Waals surface area contributed by atoms with Crippen molar-refractivity contribution in [3.63, 3.8) is 0 Å². The van der Waals surface area contributed by atoms with Crippen LogP contribution in [0, 0.1) is 0 Å². The van der Waals surface area contributed by atoms with Crippen molar-refractivity contribution in [3.05, 3.63) is 23.7 Å². The molecule has 0 atom stereocenters. The van der Waals surface area contributed by atoms with E-state index in [2.05, 4.69) is 4.42 Å². The number of aldehydes is 1. The molecule has 0 radical (unpaired) electrons. The van der Waals surface area contributed by atoms with Crippen molar-refractivity contribution in [2.24, 2.45) is 0 Å². The third kappa shape index (κ3) is 1.60. The molecule has 11 heavy (non-hydrogen) atoms. The first-order chi connectivity index (χ1) is 5.04. The molecule has 0 saturated carbocycles. The van der Waals surface area contributed by atoms with Crippen LogP contribution in [0.15, 0.2) is 16.7 Å². The van der Waals surface area contributed by atoms with E-state index in [-0.39, 0.29) is 12.0 Å². The Labute approximate surface area is 59.6 Å². The normalized spacial score (nSPS) is 11.5. The van der Waals surface area contributed by atoms with Crippen LogP contribution in [0.2, 0.25) is 0 Å². The Bertz CT molecular complexity index is 261. The molecular weight excluding hydrogens is 161 g/mol. The summed E-state index contributed by atoms with van der Waals surface area (Å²) in [5.74, 6) is -0.322. The first kappa shape index (κ1) is 7.84. The summed E-state index contributed by atoms with van der Waals surface area (Å²) in [6, 6.07) is 0.646. The number of rotatable bonds is 1. The average Bonchev–Trinajstić information content (AvgIpc) is 2.32. The lowest BCUT2D eigenvalue weighted by atomic mass is 10.3. The van der Waals surface area contributed by atoms with Crippen molar-refractivity contribution in [2.75, 3.05) is 0 Å². The summed E-state index contributed by atoms with van der Waals surface area (Å²) in [7, 11) is 0. The van der Waals surface area contributed by atoms with Gasteiger partial charge in [-0.05, 0) is 6.07 Å². The predicted octanol–water partition coefficient (Wildman–Crippen LogP) is 2.11. The van der Waals surface area contributed by atoms with Crippen LogP contribution >= 0.6 is 0 Å². The van der Waals surface area contributed by atoms with Gasteiger partial charge in [0.1, 0.15) is 6.26 Å². The number of halogens is 3. The van der Waals surface area contributed by atoms with E-state index in [0.717, 1.165) is 0 Å². The maximum Gasteiger partial charge on any atom is 0.419 e. The molecule has 0 fully saturated rings. The summed E-state index contributed by atoms with van der Waals surface area (Å²) in [5, 5.41) is 0. The number of hydrogen-bond donors (Lipinski definition) is 0. The molecule has 0 amide bonds. The standard InChI is InChI=1S/C6H3F3O2/c7-6(8,9)4-1-5(2-10)11-3-4/h1-3H. The van der Waals surface area contributed by atoms with E-state index >= 15 is 0 Å². The van der Waals surface area contributed by atoms with E-state index in [1.54, 1.807) is 0 Å². The summed E-state index contributed by atoms with van der Waals surface area (Å²) in [4.78, 5) is 9.89. The van der Waals surface area contributed by atoms with E-state index in [9.17, 15) is 18.0 Å². The number of hydrogen-bond acceptors (Lipinski definition) is 2. The minimum absolute atomic E-state index is 0.217. The molecule has 0 saturated heterocycles. The fourth-order valence-electron chi connectivity index (χ4n) is 0.563. The van der Waals surface area contributed by atoms with Crippen molar-refractivity contribution in [3.8, 4) is 0 Å². The highest BCUT2D eigenvalue weighted by molar-refractivity contribution is 5.70. The second-order valence-electron chi connectivity index (χ2n) is 1.85. The lowest BCUT2D eigenvalue weighted by Gasteiger charge is -1.98. The fraction of sp³-hybridized carbons (Fsp3) is 0.167. The molecule has 0 unspecified atom stereocenters. The molecule has 1 aromatic rings. The molecule has 1 aromatic heterocycles.